The summed E-state index contributed by atoms with van der Waals surface area (Å²) < 4.78 is 0. The summed E-state index contributed by atoms with van der Waals surface area (Å²) in [5.74, 6) is -2.51. The van der Waals surface area contributed by atoms with Gasteiger partial charge in [0.1, 0.15) is 6.61 Å². The van der Waals surface area contributed by atoms with Gasteiger partial charge in [0.25, 0.3) is 0 Å². The number of carbonyl (C=O) groups is 2. The van der Waals surface area contributed by atoms with Gasteiger partial charge in [0.2, 0.25) is 0 Å². The predicted octanol–water partition coefficient (Wildman–Crippen LogP) is 1.72. The second-order valence-corrected chi connectivity index (χ2v) is 3.51. The highest BCUT2D eigenvalue weighted by Crippen LogP contribution is 1.99. The lowest BCUT2D eigenvalue weighted by molar-refractivity contribution is -0.134. The molecule has 0 atom stereocenters. The van der Waals surface area contributed by atoms with Crippen LogP contribution in [0.25, 0.3) is 0 Å². The van der Waals surface area contributed by atoms with E-state index in [1.54, 1.807) is 18.5 Å². The summed E-state index contributed by atoms with van der Waals surface area (Å²) in [5, 5.41) is 19.5. The van der Waals surface area contributed by atoms with Crippen LogP contribution in [0.1, 0.15) is 12.5 Å². The Balaban J connectivity index is 0.000000433. The molecule has 0 unspecified atom stereocenters. The molecule has 2 N–H and O–H groups in total. The first-order chi connectivity index (χ1) is 9.97. The third-order valence-corrected chi connectivity index (χ3v) is 1.86. The van der Waals surface area contributed by atoms with Gasteiger partial charge in [0.15, 0.2) is 0 Å². The molecule has 0 saturated heterocycles. The number of hydrogen-bond donors (Lipinski definition) is 2. The fourth-order valence-corrected chi connectivity index (χ4v) is 0.975. The van der Waals surface area contributed by atoms with Crippen LogP contribution in [-0.4, -0.2) is 39.5 Å². The maximum atomic E-state index is 9.55. The van der Waals surface area contributed by atoms with Crippen molar-refractivity contribution in [3.63, 3.8) is 0 Å². The molecule has 21 heavy (non-hydrogen) atoms. The molecule has 1 aromatic heterocycles. The third kappa shape index (κ3) is 10.6. The van der Waals surface area contributed by atoms with Crippen molar-refractivity contribution in [3.8, 4) is 0 Å². The summed E-state index contributed by atoms with van der Waals surface area (Å²) in [6, 6.07) is 3.77. The van der Waals surface area contributed by atoms with Crippen molar-refractivity contribution in [1.82, 2.24) is 4.98 Å². The van der Waals surface area contributed by atoms with E-state index in [2.05, 4.69) is 16.7 Å². The lowest BCUT2D eigenvalue weighted by Gasteiger charge is -1.98. The number of nitrogens with zero attached hydrogens (tertiary/aromatic N) is 2. The van der Waals surface area contributed by atoms with Crippen molar-refractivity contribution in [2.24, 2.45) is 5.16 Å². The first-order valence-corrected chi connectivity index (χ1v) is 5.79. The van der Waals surface area contributed by atoms with Crippen LogP contribution in [0.15, 0.2) is 54.5 Å². The second kappa shape index (κ2) is 10.9. The summed E-state index contributed by atoms with van der Waals surface area (Å²) in [5.41, 5.74) is 1.85. The normalized spacial score (nSPS) is 10.4. The molecule has 112 valence electrons. The van der Waals surface area contributed by atoms with E-state index < -0.39 is 11.9 Å². The van der Waals surface area contributed by atoms with E-state index in [0.29, 0.717) is 18.8 Å². The largest absolute Gasteiger partial charge is 0.478 e. The molecule has 0 aliphatic heterocycles. The molecular weight excluding hydrogens is 276 g/mol. The Kier molecular flexibility index (Phi) is 9.38. The standard InChI is InChI=1S/C10H12N2O.C4H4O4/c1-3-8-13-12-9(2)10-4-6-11-7-5-10;5-3(6)1-2-4(7)8/h3-7H,1,8H2,2H3;1-2H,(H,5,6)(H,7,8)/b12-9-;2-1+. The molecule has 0 amide bonds. The SMILES string of the molecule is C=CCO/N=C(/C)c1ccncc1.O=C(O)/C=C/C(=O)O. The summed E-state index contributed by atoms with van der Waals surface area (Å²) in [6.45, 7) is 5.85. The van der Waals surface area contributed by atoms with Gasteiger partial charge in [-0.25, -0.2) is 9.59 Å². The molecule has 0 aliphatic rings. The summed E-state index contributed by atoms with van der Waals surface area (Å²) in [6.07, 6.45) is 6.22. The van der Waals surface area contributed by atoms with E-state index >= 15 is 0 Å². The predicted molar refractivity (Wildman–Crippen MR) is 77.0 cm³/mol. The number of rotatable bonds is 6. The van der Waals surface area contributed by atoms with Crippen molar-refractivity contribution in [2.45, 2.75) is 6.92 Å². The van der Waals surface area contributed by atoms with Gasteiger partial charge in [-0.2, -0.15) is 0 Å². The maximum absolute atomic E-state index is 9.55. The summed E-state index contributed by atoms with van der Waals surface area (Å²) in [4.78, 5) is 28.0. The number of carboxylic acids is 2. The fourth-order valence-electron chi connectivity index (χ4n) is 0.975. The topological polar surface area (TPSA) is 109 Å². The molecule has 0 radical (unpaired) electrons. The van der Waals surface area contributed by atoms with Gasteiger partial charge in [0, 0.05) is 30.1 Å². The van der Waals surface area contributed by atoms with E-state index in [9.17, 15) is 9.59 Å². The van der Waals surface area contributed by atoms with E-state index in [1.807, 2.05) is 19.1 Å². The van der Waals surface area contributed by atoms with E-state index in [0.717, 1.165) is 11.3 Å². The Morgan fingerprint density at radius 1 is 1.29 bits per heavy atom. The zero-order valence-corrected chi connectivity index (χ0v) is 11.5. The monoisotopic (exact) mass is 292 g/mol. The number of pyridine rings is 1. The molecule has 7 heteroatoms. The summed E-state index contributed by atoms with van der Waals surface area (Å²) in [7, 11) is 0. The summed E-state index contributed by atoms with van der Waals surface area (Å²) >= 11 is 0. The van der Waals surface area contributed by atoms with Crippen molar-refractivity contribution in [1.29, 1.82) is 0 Å². The number of hydrogen-bond acceptors (Lipinski definition) is 5. The van der Waals surface area contributed by atoms with Gasteiger partial charge in [-0.3, -0.25) is 4.98 Å². The van der Waals surface area contributed by atoms with Gasteiger partial charge in [-0.15, -0.1) is 0 Å². The van der Waals surface area contributed by atoms with E-state index in [4.69, 9.17) is 15.1 Å². The van der Waals surface area contributed by atoms with Crippen LogP contribution in [0.5, 0.6) is 0 Å². The number of carboxylic acid groups (broad SMARTS) is 2. The molecule has 0 saturated carbocycles. The van der Waals surface area contributed by atoms with Crippen LogP contribution in [0, 0.1) is 0 Å². The minimum atomic E-state index is -1.26. The molecular formula is C14H16N2O5. The quantitative estimate of drug-likeness (QED) is 0.272. The van der Waals surface area contributed by atoms with Crippen LogP contribution >= 0.6 is 0 Å². The lowest BCUT2D eigenvalue weighted by Crippen LogP contribution is -1.96. The first kappa shape index (κ1) is 18.0. The number of aliphatic carboxylic acids is 2. The lowest BCUT2D eigenvalue weighted by atomic mass is 10.2. The highest BCUT2D eigenvalue weighted by atomic mass is 16.6. The van der Waals surface area contributed by atoms with Gasteiger partial charge < -0.3 is 15.1 Å². The van der Waals surface area contributed by atoms with Crippen molar-refractivity contribution in [2.75, 3.05) is 6.61 Å². The van der Waals surface area contributed by atoms with E-state index in [1.165, 1.54) is 0 Å². The molecule has 0 spiro atoms. The molecule has 0 fully saturated rings. The van der Waals surface area contributed by atoms with Crippen molar-refractivity contribution < 1.29 is 24.6 Å². The highest BCUT2D eigenvalue weighted by molar-refractivity contribution is 5.98. The molecule has 7 nitrogen and oxygen atoms in total. The van der Waals surface area contributed by atoms with Crippen LogP contribution < -0.4 is 0 Å². The number of aromatic nitrogens is 1. The van der Waals surface area contributed by atoms with Gasteiger partial charge in [-0.05, 0) is 19.1 Å². The molecule has 0 bridgehead atoms. The Bertz CT molecular complexity index is 507. The van der Waals surface area contributed by atoms with Crippen molar-refractivity contribution >= 4 is 17.7 Å². The van der Waals surface area contributed by atoms with Crippen LogP contribution in [0.4, 0.5) is 0 Å². The zero-order chi connectivity index (χ0) is 16.1. The first-order valence-electron chi connectivity index (χ1n) is 5.79. The molecule has 0 aliphatic carbocycles. The maximum Gasteiger partial charge on any atom is 0.328 e. The molecule has 0 aromatic carbocycles. The molecule has 1 aromatic rings. The van der Waals surface area contributed by atoms with E-state index in [-0.39, 0.29) is 0 Å². The average Bonchev–Trinajstić information content (AvgIpc) is 2.47. The average molecular weight is 292 g/mol. The van der Waals surface area contributed by atoms with Crippen LogP contribution in [0.2, 0.25) is 0 Å². The smallest absolute Gasteiger partial charge is 0.328 e. The number of oxime groups is 1. The Morgan fingerprint density at radius 2 is 1.81 bits per heavy atom. The van der Waals surface area contributed by atoms with Crippen molar-refractivity contribution in [3.05, 3.63) is 54.9 Å². The highest BCUT2D eigenvalue weighted by Gasteiger charge is 1.95. The van der Waals surface area contributed by atoms with Gasteiger partial charge >= 0.3 is 11.9 Å². The van der Waals surface area contributed by atoms with Gasteiger partial charge in [0.05, 0.1) is 5.71 Å². The zero-order valence-electron chi connectivity index (χ0n) is 11.5. The Hall–Kier alpha value is -2.96. The Morgan fingerprint density at radius 3 is 2.24 bits per heavy atom. The molecule has 1 rings (SSSR count). The fraction of sp³-hybridized carbons (Fsp3) is 0.143. The Labute approximate surface area is 121 Å². The third-order valence-electron chi connectivity index (χ3n) is 1.86. The second-order valence-electron chi connectivity index (χ2n) is 3.51. The minimum absolute atomic E-state index is 0.433. The van der Waals surface area contributed by atoms with Crippen LogP contribution in [-0.2, 0) is 14.4 Å². The molecule has 1 heterocycles. The van der Waals surface area contributed by atoms with Gasteiger partial charge in [-0.1, -0.05) is 17.8 Å². The minimum Gasteiger partial charge on any atom is -0.478 e. The van der Waals surface area contributed by atoms with Crippen LogP contribution in [0.3, 0.4) is 0 Å².